The lowest BCUT2D eigenvalue weighted by molar-refractivity contribution is 0.296. The number of piperazine rings is 1. The largest absolute Gasteiger partial charge is 0.313 e. The van der Waals surface area contributed by atoms with Crippen LogP contribution in [-0.4, -0.2) is 24.6 Å². The van der Waals surface area contributed by atoms with Gasteiger partial charge < -0.3 is 10.6 Å². The van der Waals surface area contributed by atoms with E-state index in [1.807, 2.05) is 18.3 Å². The summed E-state index contributed by atoms with van der Waals surface area (Å²) in [5.41, 5.74) is 1.11. The summed E-state index contributed by atoms with van der Waals surface area (Å²) in [6.07, 6.45) is 1.84. The number of nitrogens with one attached hydrogen (secondary N) is 2. The second-order valence-corrected chi connectivity index (χ2v) is 3.65. The fraction of sp³-hybridized carbons (Fsp3) is 0.500. The lowest BCUT2D eigenvalue weighted by Crippen LogP contribution is -2.55. The van der Waals surface area contributed by atoms with Gasteiger partial charge in [0.05, 0.1) is 11.2 Å². The average Bonchev–Trinajstić information content (AvgIpc) is 2.20. The predicted octanol–water partition coefficient (Wildman–Crippen LogP) is 0.490. The zero-order valence-corrected chi connectivity index (χ0v) is 7.88. The Morgan fingerprint density at radius 2 is 2.31 bits per heavy atom. The molecule has 0 amide bonds. The van der Waals surface area contributed by atoms with E-state index in [2.05, 4.69) is 28.6 Å². The number of pyridine rings is 1. The Bertz CT molecular complexity index is 265. The van der Waals surface area contributed by atoms with Gasteiger partial charge in [-0.2, -0.15) is 0 Å². The van der Waals surface area contributed by atoms with Crippen LogP contribution in [0.1, 0.15) is 12.6 Å². The first-order valence-corrected chi connectivity index (χ1v) is 4.68. The van der Waals surface area contributed by atoms with Gasteiger partial charge in [-0.25, -0.2) is 0 Å². The van der Waals surface area contributed by atoms with Crippen molar-refractivity contribution in [3.05, 3.63) is 30.1 Å². The smallest absolute Gasteiger partial charge is 0.0706 e. The third-order valence-electron chi connectivity index (χ3n) is 2.53. The van der Waals surface area contributed by atoms with Crippen molar-refractivity contribution in [1.29, 1.82) is 0 Å². The maximum Gasteiger partial charge on any atom is 0.0706 e. The van der Waals surface area contributed by atoms with Crippen LogP contribution < -0.4 is 10.6 Å². The molecule has 70 valence electrons. The first-order chi connectivity index (χ1) is 6.31. The molecule has 1 fully saturated rings. The Labute approximate surface area is 78.6 Å². The number of hydrogen-bond donors (Lipinski definition) is 2. The van der Waals surface area contributed by atoms with Crippen LogP contribution in [0.5, 0.6) is 0 Å². The van der Waals surface area contributed by atoms with Gasteiger partial charge in [0.15, 0.2) is 0 Å². The Balaban J connectivity index is 2.23. The first kappa shape index (κ1) is 8.66. The fourth-order valence-corrected chi connectivity index (χ4v) is 1.70. The number of hydrogen-bond acceptors (Lipinski definition) is 3. The van der Waals surface area contributed by atoms with E-state index in [0.717, 1.165) is 25.3 Å². The molecule has 1 aliphatic heterocycles. The molecule has 1 aromatic heterocycles. The zero-order chi connectivity index (χ0) is 9.15. The third kappa shape index (κ3) is 1.71. The second-order valence-electron chi connectivity index (χ2n) is 3.65. The molecule has 1 aliphatic rings. The molecular formula is C10H15N3. The third-order valence-corrected chi connectivity index (χ3v) is 2.53. The van der Waals surface area contributed by atoms with Crippen molar-refractivity contribution in [1.82, 2.24) is 15.6 Å². The molecule has 1 atom stereocenters. The summed E-state index contributed by atoms with van der Waals surface area (Å²) in [6, 6.07) is 6.05. The van der Waals surface area contributed by atoms with Crippen molar-refractivity contribution in [2.75, 3.05) is 19.6 Å². The summed E-state index contributed by atoms with van der Waals surface area (Å²) in [7, 11) is 0. The van der Waals surface area contributed by atoms with Crippen LogP contribution >= 0.6 is 0 Å². The van der Waals surface area contributed by atoms with Crippen LogP contribution in [0, 0.1) is 0 Å². The molecule has 2 rings (SSSR count). The molecule has 0 spiro atoms. The molecule has 2 N–H and O–H groups in total. The highest BCUT2D eigenvalue weighted by molar-refractivity contribution is 5.16. The highest BCUT2D eigenvalue weighted by atomic mass is 15.1. The Hall–Kier alpha value is -0.930. The molecule has 0 saturated carbocycles. The van der Waals surface area contributed by atoms with Gasteiger partial charge in [-0.1, -0.05) is 6.07 Å². The van der Waals surface area contributed by atoms with Crippen LogP contribution in [0.25, 0.3) is 0 Å². The topological polar surface area (TPSA) is 37.0 Å². The SMILES string of the molecule is C[C@]1(c2ccccn2)CNCCN1. The van der Waals surface area contributed by atoms with E-state index in [-0.39, 0.29) is 5.54 Å². The van der Waals surface area contributed by atoms with Crippen LogP contribution in [0.3, 0.4) is 0 Å². The predicted molar refractivity (Wildman–Crippen MR) is 52.5 cm³/mol. The summed E-state index contributed by atoms with van der Waals surface area (Å²) in [5, 5.41) is 6.86. The summed E-state index contributed by atoms with van der Waals surface area (Å²) >= 11 is 0. The molecule has 3 heteroatoms. The molecule has 1 saturated heterocycles. The van der Waals surface area contributed by atoms with Crippen molar-refractivity contribution >= 4 is 0 Å². The molecule has 0 radical (unpaired) electrons. The summed E-state index contributed by atoms with van der Waals surface area (Å²) in [5.74, 6) is 0. The van der Waals surface area contributed by atoms with E-state index in [0.29, 0.717) is 0 Å². The van der Waals surface area contributed by atoms with Gasteiger partial charge >= 0.3 is 0 Å². The lowest BCUT2D eigenvalue weighted by atomic mass is 9.95. The van der Waals surface area contributed by atoms with Crippen molar-refractivity contribution in [2.24, 2.45) is 0 Å². The Morgan fingerprint density at radius 3 is 2.92 bits per heavy atom. The Morgan fingerprint density at radius 1 is 1.38 bits per heavy atom. The van der Waals surface area contributed by atoms with Crippen LogP contribution in [-0.2, 0) is 5.54 Å². The molecule has 0 aromatic carbocycles. The van der Waals surface area contributed by atoms with Gasteiger partial charge in [-0.3, -0.25) is 4.98 Å². The lowest BCUT2D eigenvalue weighted by Gasteiger charge is -2.34. The van der Waals surface area contributed by atoms with Gasteiger partial charge in [0.2, 0.25) is 0 Å². The van der Waals surface area contributed by atoms with Gasteiger partial charge in [-0.15, -0.1) is 0 Å². The van der Waals surface area contributed by atoms with Crippen LogP contribution in [0.15, 0.2) is 24.4 Å². The minimum Gasteiger partial charge on any atom is -0.313 e. The van der Waals surface area contributed by atoms with Crippen LogP contribution in [0.2, 0.25) is 0 Å². The molecule has 0 aliphatic carbocycles. The Kier molecular flexibility index (Phi) is 2.29. The molecular weight excluding hydrogens is 162 g/mol. The average molecular weight is 177 g/mol. The van der Waals surface area contributed by atoms with Crippen molar-refractivity contribution < 1.29 is 0 Å². The normalized spacial score (nSPS) is 28.7. The zero-order valence-electron chi connectivity index (χ0n) is 7.88. The quantitative estimate of drug-likeness (QED) is 0.655. The van der Waals surface area contributed by atoms with Crippen molar-refractivity contribution in [3.63, 3.8) is 0 Å². The molecule has 13 heavy (non-hydrogen) atoms. The summed E-state index contributed by atoms with van der Waals surface area (Å²) < 4.78 is 0. The van der Waals surface area contributed by atoms with E-state index < -0.39 is 0 Å². The van der Waals surface area contributed by atoms with Gasteiger partial charge in [0.1, 0.15) is 0 Å². The molecule has 0 unspecified atom stereocenters. The fourth-order valence-electron chi connectivity index (χ4n) is 1.70. The summed E-state index contributed by atoms with van der Waals surface area (Å²) in [6.45, 7) is 5.18. The number of rotatable bonds is 1. The van der Waals surface area contributed by atoms with Crippen LogP contribution in [0.4, 0.5) is 0 Å². The highest BCUT2D eigenvalue weighted by Gasteiger charge is 2.28. The van der Waals surface area contributed by atoms with Gasteiger partial charge in [0.25, 0.3) is 0 Å². The molecule has 2 heterocycles. The molecule has 0 bridgehead atoms. The number of aromatic nitrogens is 1. The standard InChI is InChI=1S/C10H15N3/c1-10(8-11-6-7-13-10)9-4-2-3-5-12-9/h2-5,11,13H,6-8H2,1H3/t10-/m1/s1. The van der Waals surface area contributed by atoms with E-state index in [1.165, 1.54) is 0 Å². The second kappa shape index (κ2) is 3.44. The maximum absolute atomic E-state index is 4.37. The van der Waals surface area contributed by atoms with Crippen molar-refractivity contribution in [2.45, 2.75) is 12.5 Å². The minimum atomic E-state index is -0.000486. The summed E-state index contributed by atoms with van der Waals surface area (Å²) in [4.78, 5) is 4.37. The minimum absolute atomic E-state index is 0.000486. The van der Waals surface area contributed by atoms with E-state index >= 15 is 0 Å². The molecule has 1 aromatic rings. The van der Waals surface area contributed by atoms with Gasteiger partial charge in [0, 0.05) is 25.8 Å². The first-order valence-electron chi connectivity index (χ1n) is 4.68. The van der Waals surface area contributed by atoms with Gasteiger partial charge in [-0.05, 0) is 19.1 Å². The number of nitrogens with zero attached hydrogens (tertiary/aromatic N) is 1. The van der Waals surface area contributed by atoms with Crippen molar-refractivity contribution in [3.8, 4) is 0 Å². The molecule has 3 nitrogen and oxygen atoms in total. The van der Waals surface area contributed by atoms with E-state index in [1.54, 1.807) is 0 Å². The highest BCUT2D eigenvalue weighted by Crippen LogP contribution is 2.18. The van der Waals surface area contributed by atoms with E-state index in [4.69, 9.17) is 0 Å². The maximum atomic E-state index is 4.37. The monoisotopic (exact) mass is 177 g/mol. The van der Waals surface area contributed by atoms with E-state index in [9.17, 15) is 0 Å².